The van der Waals surface area contributed by atoms with E-state index in [0.29, 0.717) is 18.9 Å². The maximum Gasteiger partial charge on any atom is 0.220 e. The summed E-state index contributed by atoms with van der Waals surface area (Å²) in [5, 5.41) is 3.26. The highest BCUT2D eigenvalue weighted by molar-refractivity contribution is 5.77. The zero-order valence-corrected chi connectivity index (χ0v) is 20.6. The number of aromatic nitrogens is 2. The second-order valence-corrected chi connectivity index (χ2v) is 9.56. The highest BCUT2D eigenvalue weighted by Gasteiger charge is 2.19. The lowest BCUT2D eigenvalue weighted by molar-refractivity contribution is -0.122. The Morgan fingerprint density at radius 3 is 2.60 bits per heavy atom. The largest absolute Gasteiger partial charge is 0.497 e. The van der Waals surface area contributed by atoms with E-state index in [-0.39, 0.29) is 5.91 Å². The van der Waals surface area contributed by atoms with Crippen LogP contribution in [-0.2, 0) is 11.2 Å². The molecule has 2 aromatic carbocycles. The van der Waals surface area contributed by atoms with E-state index in [1.165, 1.54) is 30.4 Å². The molecule has 5 nitrogen and oxygen atoms in total. The Morgan fingerprint density at radius 1 is 1.00 bits per heavy atom. The van der Waals surface area contributed by atoms with Crippen molar-refractivity contribution in [2.75, 3.05) is 7.11 Å². The van der Waals surface area contributed by atoms with Gasteiger partial charge in [0.05, 0.1) is 18.5 Å². The average Bonchev–Trinajstić information content (AvgIpc) is 3.26. The molecule has 1 aliphatic carbocycles. The first-order valence-electron chi connectivity index (χ1n) is 12.6. The molecule has 2 aromatic heterocycles. The van der Waals surface area contributed by atoms with Crippen molar-refractivity contribution in [1.29, 1.82) is 0 Å². The smallest absolute Gasteiger partial charge is 0.220 e. The number of nitrogens with zero attached hydrogens (tertiary/aromatic N) is 2. The summed E-state index contributed by atoms with van der Waals surface area (Å²) in [5.41, 5.74) is 7.34. The van der Waals surface area contributed by atoms with Crippen molar-refractivity contribution in [2.45, 2.75) is 57.9 Å². The maximum absolute atomic E-state index is 12.9. The molecule has 0 radical (unpaired) electrons. The molecule has 5 heteroatoms. The van der Waals surface area contributed by atoms with Gasteiger partial charge in [0.15, 0.2) is 0 Å². The quantitative estimate of drug-likeness (QED) is 0.344. The van der Waals surface area contributed by atoms with Gasteiger partial charge >= 0.3 is 0 Å². The Balaban J connectivity index is 1.50. The van der Waals surface area contributed by atoms with Crippen molar-refractivity contribution >= 4 is 11.6 Å². The van der Waals surface area contributed by atoms with Crippen molar-refractivity contribution in [3.63, 3.8) is 0 Å². The van der Waals surface area contributed by atoms with Crippen LogP contribution in [0, 0.1) is 6.92 Å². The molecular weight excluding hydrogens is 434 g/mol. The number of rotatable bonds is 7. The fourth-order valence-electron chi connectivity index (χ4n) is 5.11. The summed E-state index contributed by atoms with van der Waals surface area (Å²) in [6.45, 7) is 2.11. The van der Waals surface area contributed by atoms with Crippen LogP contribution in [-0.4, -0.2) is 28.4 Å². The molecule has 1 aliphatic rings. The van der Waals surface area contributed by atoms with E-state index < -0.39 is 0 Å². The van der Waals surface area contributed by atoms with Crippen molar-refractivity contribution in [2.24, 2.45) is 0 Å². The molecule has 4 aromatic rings. The molecule has 1 fully saturated rings. The minimum Gasteiger partial charge on any atom is -0.497 e. The van der Waals surface area contributed by atoms with Gasteiger partial charge in [-0.25, -0.2) is 4.98 Å². The molecule has 35 heavy (non-hydrogen) atoms. The third-order valence-electron chi connectivity index (χ3n) is 6.97. The summed E-state index contributed by atoms with van der Waals surface area (Å²) in [4.78, 5) is 17.8. The number of amides is 1. The van der Waals surface area contributed by atoms with Gasteiger partial charge in [0.25, 0.3) is 0 Å². The summed E-state index contributed by atoms with van der Waals surface area (Å²) < 4.78 is 7.62. The molecule has 1 saturated carbocycles. The van der Waals surface area contributed by atoms with Gasteiger partial charge in [-0.3, -0.25) is 4.79 Å². The van der Waals surface area contributed by atoms with Crippen LogP contribution in [0.1, 0.15) is 49.8 Å². The van der Waals surface area contributed by atoms with Gasteiger partial charge in [0, 0.05) is 24.2 Å². The number of imidazole rings is 1. The van der Waals surface area contributed by atoms with E-state index in [1.54, 1.807) is 7.11 Å². The van der Waals surface area contributed by atoms with Crippen LogP contribution in [0.15, 0.2) is 66.9 Å². The van der Waals surface area contributed by atoms with Gasteiger partial charge < -0.3 is 14.5 Å². The molecule has 0 atom stereocenters. The summed E-state index contributed by atoms with van der Waals surface area (Å²) in [6.07, 6.45) is 9.09. The third kappa shape index (κ3) is 5.24. The van der Waals surface area contributed by atoms with Crippen LogP contribution in [0.25, 0.3) is 28.0 Å². The Kier molecular flexibility index (Phi) is 6.84. The number of nitrogens with one attached hydrogen (secondary N) is 1. The van der Waals surface area contributed by atoms with Crippen molar-refractivity contribution in [3.8, 4) is 28.1 Å². The topological polar surface area (TPSA) is 55.6 Å². The maximum atomic E-state index is 12.9. The first-order valence-corrected chi connectivity index (χ1v) is 12.6. The van der Waals surface area contributed by atoms with Gasteiger partial charge in [-0.1, -0.05) is 61.2 Å². The number of ether oxygens (including phenoxy) is 1. The molecule has 0 saturated heterocycles. The molecule has 0 unspecified atom stereocenters. The van der Waals surface area contributed by atoms with Crippen LogP contribution in [0.2, 0.25) is 0 Å². The number of methoxy groups -OCH3 is 1. The predicted molar refractivity (Wildman–Crippen MR) is 141 cm³/mol. The predicted octanol–water partition coefficient (Wildman–Crippen LogP) is 6.37. The Morgan fingerprint density at radius 2 is 1.80 bits per heavy atom. The second kappa shape index (κ2) is 10.3. The van der Waals surface area contributed by atoms with Crippen molar-refractivity contribution in [3.05, 3.63) is 78.1 Å². The fourth-order valence-corrected chi connectivity index (χ4v) is 5.11. The van der Waals surface area contributed by atoms with Gasteiger partial charge in [0.2, 0.25) is 5.91 Å². The fraction of sp³-hybridized carbons (Fsp3) is 0.333. The zero-order valence-electron chi connectivity index (χ0n) is 20.6. The number of fused-ring (bicyclic) bond motifs is 1. The molecule has 0 aliphatic heterocycles. The summed E-state index contributed by atoms with van der Waals surface area (Å²) in [7, 11) is 1.67. The minimum absolute atomic E-state index is 0.123. The summed E-state index contributed by atoms with van der Waals surface area (Å²) >= 11 is 0. The van der Waals surface area contributed by atoms with Crippen LogP contribution in [0.3, 0.4) is 0 Å². The summed E-state index contributed by atoms with van der Waals surface area (Å²) in [6, 6.07) is 21.0. The van der Waals surface area contributed by atoms with Gasteiger partial charge in [-0.05, 0) is 61.6 Å². The molecule has 0 bridgehead atoms. The Bertz CT molecular complexity index is 1330. The SMILES string of the molecule is COc1cccc(-c2nc3ccc(-c4cccc(C)c4)cn3c2CCC(=O)NC2CCCCC2)c1. The number of hydrogen-bond donors (Lipinski definition) is 1. The van der Waals surface area contributed by atoms with E-state index in [4.69, 9.17) is 9.72 Å². The molecule has 1 N–H and O–H groups in total. The standard InChI is InChI=1S/C30H33N3O2/c1-21-8-6-9-22(18-21)24-14-16-28-32-30(23-10-7-13-26(19-23)35-2)27(33(28)20-24)15-17-29(34)31-25-11-4-3-5-12-25/h6-10,13-14,16,18-20,25H,3-5,11-12,15,17H2,1-2H3,(H,31,34). The summed E-state index contributed by atoms with van der Waals surface area (Å²) in [5.74, 6) is 0.916. The lowest BCUT2D eigenvalue weighted by atomic mass is 9.95. The Hall–Kier alpha value is -3.60. The number of hydrogen-bond acceptors (Lipinski definition) is 3. The number of pyridine rings is 1. The molecular formula is C30H33N3O2. The third-order valence-corrected chi connectivity index (χ3v) is 6.97. The molecule has 1 amide bonds. The van der Waals surface area contributed by atoms with E-state index in [0.717, 1.165) is 46.8 Å². The van der Waals surface area contributed by atoms with E-state index in [2.05, 4.69) is 65.3 Å². The molecule has 180 valence electrons. The van der Waals surface area contributed by atoms with Crippen molar-refractivity contribution < 1.29 is 9.53 Å². The average molecular weight is 468 g/mol. The van der Waals surface area contributed by atoms with E-state index in [9.17, 15) is 4.79 Å². The van der Waals surface area contributed by atoms with Crippen LogP contribution < -0.4 is 10.1 Å². The number of carbonyl (C=O) groups excluding carboxylic acids is 1. The lowest BCUT2D eigenvalue weighted by Gasteiger charge is -2.22. The lowest BCUT2D eigenvalue weighted by Crippen LogP contribution is -2.36. The van der Waals surface area contributed by atoms with Gasteiger partial charge in [0.1, 0.15) is 11.4 Å². The normalized spacial score (nSPS) is 14.2. The number of aryl methyl sites for hydroxylation is 2. The minimum atomic E-state index is 0.123. The first-order chi connectivity index (χ1) is 17.1. The highest BCUT2D eigenvalue weighted by Crippen LogP contribution is 2.30. The monoisotopic (exact) mass is 467 g/mol. The molecule has 5 rings (SSSR count). The second-order valence-electron chi connectivity index (χ2n) is 9.56. The van der Waals surface area contributed by atoms with Crippen LogP contribution in [0.4, 0.5) is 0 Å². The van der Waals surface area contributed by atoms with Crippen LogP contribution >= 0.6 is 0 Å². The zero-order chi connectivity index (χ0) is 24.2. The number of carbonyl (C=O) groups is 1. The highest BCUT2D eigenvalue weighted by atomic mass is 16.5. The van der Waals surface area contributed by atoms with Crippen molar-refractivity contribution in [1.82, 2.24) is 14.7 Å². The molecule has 2 heterocycles. The van der Waals surface area contributed by atoms with Gasteiger partial charge in [-0.15, -0.1) is 0 Å². The first kappa shape index (κ1) is 23.2. The molecule has 0 spiro atoms. The number of benzene rings is 2. The van der Waals surface area contributed by atoms with E-state index in [1.807, 2.05) is 18.2 Å². The van der Waals surface area contributed by atoms with Gasteiger partial charge in [-0.2, -0.15) is 0 Å². The Labute approximate surface area is 207 Å². The van der Waals surface area contributed by atoms with E-state index >= 15 is 0 Å². The van der Waals surface area contributed by atoms with Crippen LogP contribution in [0.5, 0.6) is 5.75 Å².